The Morgan fingerprint density at radius 1 is 0.733 bits per heavy atom. The SMILES string of the molecule is CN1CCC(CCNC(=O)c2ccc(C(=O)NCCC3CCN(C)CC3)cc2)CC1. The summed E-state index contributed by atoms with van der Waals surface area (Å²) in [4.78, 5) is 29.5. The molecule has 2 saturated heterocycles. The summed E-state index contributed by atoms with van der Waals surface area (Å²) in [6, 6.07) is 6.99. The molecule has 1 aromatic rings. The number of rotatable bonds is 8. The molecule has 0 radical (unpaired) electrons. The van der Waals surface area contributed by atoms with Crippen LogP contribution in [-0.2, 0) is 0 Å². The number of benzene rings is 1. The zero-order valence-electron chi connectivity index (χ0n) is 18.7. The van der Waals surface area contributed by atoms with Crippen molar-refractivity contribution < 1.29 is 9.59 Å². The molecule has 0 atom stereocenters. The molecule has 0 bridgehead atoms. The molecule has 0 aliphatic carbocycles. The fourth-order valence-corrected chi connectivity index (χ4v) is 4.46. The van der Waals surface area contributed by atoms with E-state index in [-0.39, 0.29) is 11.8 Å². The number of hydrogen-bond donors (Lipinski definition) is 2. The van der Waals surface area contributed by atoms with Gasteiger partial charge in [-0.2, -0.15) is 0 Å². The van der Waals surface area contributed by atoms with Gasteiger partial charge in [0.25, 0.3) is 11.8 Å². The van der Waals surface area contributed by atoms with Crippen molar-refractivity contribution in [3.63, 3.8) is 0 Å². The highest BCUT2D eigenvalue weighted by Gasteiger charge is 2.18. The van der Waals surface area contributed by atoms with Crippen LogP contribution in [0.25, 0.3) is 0 Å². The molecule has 2 aliphatic rings. The van der Waals surface area contributed by atoms with Crippen LogP contribution in [0, 0.1) is 11.8 Å². The van der Waals surface area contributed by atoms with E-state index in [9.17, 15) is 9.59 Å². The van der Waals surface area contributed by atoms with Gasteiger partial charge in [0.1, 0.15) is 0 Å². The third-order valence-corrected chi connectivity index (χ3v) is 6.76. The number of nitrogens with zero attached hydrogens (tertiary/aromatic N) is 2. The van der Waals surface area contributed by atoms with Crippen molar-refractivity contribution in [2.45, 2.75) is 38.5 Å². The smallest absolute Gasteiger partial charge is 0.251 e. The summed E-state index contributed by atoms with van der Waals surface area (Å²) in [6.45, 7) is 6.04. The maximum atomic E-state index is 12.4. The first-order valence-corrected chi connectivity index (χ1v) is 11.5. The molecule has 6 nitrogen and oxygen atoms in total. The zero-order chi connectivity index (χ0) is 21.3. The van der Waals surface area contributed by atoms with Gasteiger partial charge < -0.3 is 20.4 Å². The van der Waals surface area contributed by atoms with Gasteiger partial charge in [0.05, 0.1) is 0 Å². The zero-order valence-corrected chi connectivity index (χ0v) is 18.7. The number of nitrogens with one attached hydrogen (secondary N) is 2. The molecule has 2 N–H and O–H groups in total. The fourth-order valence-electron chi connectivity index (χ4n) is 4.46. The van der Waals surface area contributed by atoms with Crippen LogP contribution < -0.4 is 10.6 Å². The fraction of sp³-hybridized carbons (Fsp3) is 0.667. The van der Waals surface area contributed by atoms with Gasteiger partial charge in [0, 0.05) is 24.2 Å². The lowest BCUT2D eigenvalue weighted by Gasteiger charge is -2.28. The quantitative estimate of drug-likeness (QED) is 0.686. The van der Waals surface area contributed by atoms with Crippen LogP contribution in [0.3, 0.4) is 0 Å². The normalized spacial score (nSPS) is 19.5. The maximum absolute atomic E-state index is 12.4. The van der Waals surface area contributed by atoms with Crippen LogP contribution in [0.2, 0.25) is 0 Å². The van der Waals surface area contributed by atoms with Crippen molar-refractivity contribution in [1.29, 1.82) is 0 Å². The highest BCUT2D eigenvalue weighted by Crippen LogP contribution is 2.19. The Kier molecular flexibility index (Phi) is 8.70. The minimum Gasteiger partial charge on any atom is -0.352 e. The van der Waals surface area contributed by atoms with Crippen LogP contribution in [0.4, 0.5) is 0 Å². The summed E-state index contributed by atoms with van der Waals surface area (Å²) in [5.74, 6) is 1.30. The van der Waals surface area contributed by atoms with Crippen molar-refractivity contribution in [3.05, 3.63) is 35.4 Å². The number of piperidine rings is 2. The van der Waals surface area contributed by atoms with E-state index in [1.165, 1.54) is 25.7 Å². The summed E-state index contributed by atoms with van der Waals surface area (Å²) in [5.41, 5.74) is 1.22. The predicted octanol–water partition coefficient (Wildman–Crippen LogP) is 2.61. The number of likely N-dealkylation sites (tertiary alicyclic amines) is 2. The van der Waals surface area contributed by atoms with Crippen LogP contribution in [-0.4, -0.2) is 75.0 Å². The third-order valence-electron chi connectivity index (χ3n) is 6.76. The average molecular weight is 415 g/mol. The Balaban J connectivity index is 1.35. The molecule has 166 valence electrons. The van der Waals surface area contributed by atoms with E-state index in [4.69, 9.17) is 0 Å². The van der Waals surface area contributed by atoms with Gasteiger partial charge in [-0.25, -0.2) is 0 Å². The van der Waals surface area contributed by atoms with Crippen molar-refractivity contribution in [2.24, 2.45) is 11.8 Å². The Hall–Kier alpha value is -1.92. The molecule has 6 heteroatoms. The second-order valence-electron chi connectivity index (χ2n) is 9.16. The van der Waals surface area contributed by atoms with E-state index in [2.05, 4.69) is 34.5 Å². The van der Waals surface area contributed by atoms with Crippen LogP contribution in [0.15, 0.2) is 24.3 Å². The molecule has 30 heavy (non-hydrogen) atoms. The Morgan fingerprint density at radius 2 is 1.07 bits per heavy atom. The number of carbonyl (C=O) groups excluding carboxylic acids is 2. The number of amides is 2. The first-order chi connectivity index (χ1) is 14.5. The van der Waals surface area contributed by atoms with Crippen LogP contribution in [0.1, 0.15) is 59.2 Å². The topological polar surface area (TPSA) is 64.7 Å². The first kappa shape index (κ1) is 22.8. The largest absolute Gasteiger partial charge is 0.352 e. The summed E-state index contributed by atoms with van der Waals surface area (Å²) in [7, 11) is 4.33. The summed E-state index contributed by atoms with van der Waals surface area (Å²) >= 11 is 0. The molecule has 0 aromatic heterocycles. The van der Waals surface area contributed by atoms with Crippen molar-refractivity contribution in [1.82, 2.24) is 20.4 Å². The minimum absolute atomic E-state index is 0.0582. The second-order valence-corrected chi connectivity index (χ2v) is 9.16. The van der Waals surface area contributed by atoms with E-state index in [0.29, 0.717) is 36.1 Å². The average Bonchev–Trinajstić information content (AvgIpc) is 2.76. The predicted molar refractivity (Wildman–Crippen MR) is 121 cm³/mol. The van der Waals surface area contributed by atoms with Crippen molar-refractivity contribution in [3.8, 4) is 0 Å². The molecular weight excluding hydrogens is 376 g/mol. The van der Waals surface area contributed by atoms with Gasteiger partial charge in [-0.3, -0.25) is 9.59 Å². The number of carbonyl (C=O) groups is 2. The highest BCUT2D eigenvalue weighted by molar-refractivity contribution is 5.97. The molecule has 2 fully saturated rings. The lowest BCUT2D eigenvalue weighted by molar-refractivity contribution is 0.0937. The van der Waals surface area contributed by atoms with E-state index in [1.807, 2.05) is 0 Å². The molecule has 1 aromatic carbocycles. The standard InChI is InChI=1S/C24H38N4O2/c1-27-15-9-19(10-16-27)7-13-25-23(29)21-3-5-22(6-4-21)24(30)26-14-8-20-11-17-28(2)18-12-20/h3-6,19-20H,7-18H2,1-2H3,(H,25,29)(H,26,30). The van der Waals surface area contributed by atoms with Gasteiger partial charge in [-0.05, 0) is 115 Å². The van der Waals surface area contributed by atoms with Gasteiger partial charge >= 0.3 is 0 Å². The summed E-state index contributed by atoms with van der Waals surface area (Å²) in [6.07, 6.45) is 6.94. The Labute approximate surface area is 181 Å². The Bertz CT molecular complexity index is 616. The van der Waals surface area contributed by atoms with Gasteiger partial charge in [-0.1, -0.05) is 0 Å². The lowest BCUT2D eigenvalue weighted by atomic mass is 9.94. The molecule has 0 unspecified atom stereocenters. The number of hydrogen-bond acceptors (Lipinski definition) is 4. The molecular formula is C24H38N4O2. The van der Waals surface area contributed by atoms with Crippen molar-refractivity contribution >= 4 is 11.8 Å². The summed E-state index contributed by atoms with van der Waals surface area (Å²) in [5, 5.41) is 6.05. The molecule has 0 spiro atoms. The molecule has 3 rings (SSSR count). The second kappa shape index (κ2) is 11.5. The van der Waals surface area contributed by atoms with Crippen LogP contribution in [0.5, 0.6) is 0 Å². The molecule has 0 saturated carbocycles. The molecule has 2 amide bonds. The summed E-state index contributed by atoms with van der Waals surface area (Å²) < 4.78 is 0. The van der Waals surface area contributed by atoms with Gasteiger partial charge in [0.15, 0.2) is 0 Å². The minimum atomic E-state index is -0.0582. The monoisotopic (exact) mass is 414 g/mol. The Morgan fingerprint density at radius 3 is 1.40 bits per heavy atom. The lowest BCUT2D eigenvalue weighted by Crippen LogP contribution is -2.33. The highest BCUT2D eigenvalue weighted by atomic mass is 16.2. The van der Waals surface area contributed by atoms with Crippen LogP contribution >= 0.6 is 0 Å². The maximum Gasteiger partial charge on any atom is 0.251 e. The first-order valence-electron chi connectivity index (χ1n) is 11.5. The van der Waals surface area contributed by atoms with Gasteiger partial charge in [0.2, 0.25) is 0 Å². The van der Waals surface area contributed by atoms with E-state index in [1.54, 1.807) is 24.3 Å². The molecule has 2 aliphatic heterocycles. The van der Waals surface area contributed by atoms with E-state index < -0.39 is 0 Å². The van der Waals surface area contributed by atoms with E-state index >= 15 is 0 Å². The van der Waals surface area contributed by atoms with Crippen molar-refractivity contribution in [2.75, 3.05) is 53.4 Å². The third kappa shape index (κ3) is 7.10. The van der Waals surface area contributed by atoms with E-state index in [0.717, 1.165) is 39.0 Å². The van der Waals surface area contributed by atoms with Gasteiger partial charge in [-0.15, -0.1) is 0 Å². The molecule has 2 heterocycles.